The van der Waals surface area contributed by atoms with Crippen molar-refractivity contribution in [3.63, 3.8) is 0 Å². The van der Waals surface area contributed by atoms with Gasteiger partial charge in [0.15, 0.2) is 0 Å². The van der Waals surface area contributed by atoms with Crippen LogP contribution < -0.4 is 11.6 Å². The van der Waals surface area contributed by atoms with Crippen molar-refractivity contribution in [2.45, 2.75) is 45.3 Å². The minimum Gasteiger partial charge on any atom is -0.401 e. The van der Waals surface area contributed by atoms with Gasteiger partial charge >= 0.3 is 0 Å². The average Bonchev–Trinajstić information content (AvgIpc) is 3.17. The zero-order valence-corrected chi connectivity index (χ0v) is 22.7. The molecule has 206 valence electrons. The summed E-state index contributed by atoms with van der Waals surface area (Å²) in [5, 5.41) is 12.9. The van der Waals surface area contributed by atoms with Crippen LogP contribution in [-0.2, 0) is 10.3 Å². The van der Waals surface area contributed by atoms with Crippen molar-refractivity contribution in [2.24, 2.45) is 17.5 Å². The molecule has 1 fully saturated rings. The van der Waals surface area contributed by atoms with Gasteiger partial charge in [0.1, 0.15) is 11.6 Å². The van der Waals surface area contributed by atoms with Crippen molar-refractivity contribution in [1.82, 2.24) is 14.6 Å². The molecule has 1 saturated heterocycles. The number of rotatable bonds is 6. The largest absolute Gasteiger partial charge is 0.401 e. The fraction of sp³-hybridized carbons (Fsp3) is 0.367. The van der Waals surface area contributed by atoms with Crippen LogP contribution in [0.25, 0.3) is 27.6 Å². The molecule has 1 aliphatic rings. The first-order chi connectivity index (χ1) is 18.5. The van der Waals surface area contributed by atoms with Gasteiger partial charge in [0, 0.05) is 48.7 Å². The monoisotopic (exact) mass is 535 g/mol. The van der Waals surface area contributed by atoms with E-state index in [0.717, 1.165) is 29.4 Å². The molecule has 0 amide bonds. The Hall–Kier alpha value is -3.53. The molecule has 2 aromatic carbocycles. The van der Waals surface area contributed by atoms with E-state index in [0.29, 0.717) is 41.1 Å². The van der Waals surface area contributed by atoms with E-state index in [1.54, 1.807) is 52.2 Å². The number of nitrogens with two attached hydrogens (primary N) is 2. The first-order valence-corrected chi connectivity index (χ1v) is 13.1. The van der Waals surface area contributed by atoms with Crippen molar-refractivity contribution in [3.05, 3.63) is 82.7 Å². The van der Waals surface area contributed by atoms with Crippen LogP contribution in [0.15, 0.2) is 54.4 Å². The molecule has 1 aliphatic heterocycles. The Morgan fingerprint density at radius 1 is 1.13 bits per heavy atom. The number of aliphatic hydroxyl groups is 1. The summed E-state index contributed by atoms with van der Waals surface area (Å²) in [6, 6.07) is 11.4. The lowest BCUT2D eigenvalue weighted by Crippen LogP contribution is -2.27. The summed E-state index contributed by atoms with van der Waals surface area (Å²) in [4.78, 5) is 4.78. The van der Waals surface area contributed by atoms with Gasteiger partial charge in [-0.15, -0.1) is 0 Å². The number of nitrogens with zero attached hydrogens (tertiary/aromatic N) is 3. The van der Waals surface area contributed by atoms with Gasteiger partial charge in [-0.3, -0.25) is 4.98 Å². The molecule has 0 radical (unpaired) electrons. The molecule has 0 saturated carbocycles. The summed E-state index contributed by atoms with van der Waals surface area (Å²) in [5.74, 6) is 5.46. The molecule has 5 rings (SSSR count). The van der Waals surface area contributed by atoms with Crippen molar-refractivity contribution >= 4 is 27.6 Å². The number of pyridine rings is 1. The minimum absolute atomic E-state index is 0.158. The normalized spacial score (nSPS) is 16.5. The highest BCUT2D eigenvalue weighted by Gasteiger charge is 2.32. The van der Waals surface area contributed by atoms with Crippen LogP contribution in [0.2, 0.25) is 0 Å². The van der Waals surface area contributed by atoms with Crippen LogP contribution >= 0.6 is 0 Å². The molecular formula is C30H35F2N5O2. The quantitative estimate of drug-likeness (QED) is 0.233. The summed E-state index contributed by atoms with van der Waals surface area (Å²) in [5.41, 5.74) is 9.85. The molecule has 9 heteroatoms. The van der Waals surface area contributed by atoms with Crippen LogP contribution in [-0.4, -0.2) is 39.9 Å². The smallest absolute Gasteiger partial charge is 0.130 e. The molecule has 0 bridgehead atoms. The number of benzene rings is 2. The number of hydrazine groups is 1. The molecule has 1 unspecified atom stereocenters. The van der Waals surface area contributed by atoms with E-state index in [1.807, 2.05) is 6.07 Å². The zero-order chi connectivity index (χ0) is 28.1. The van der Waals surface area contributed by atoms with Gasteiger partial charge in [0.2, 0.25) is 0 Å². The lowest BCUT2D eigenvalue weighted by atomic mass is 9.86. The minimum atomic E-state index is -1.41. The summed E-state index contributed by atoms with van der Waals surface area (Å²) in [7, 11) is 1.71. The van der Waals surface area contributed by atoms with Crippen molar-refractivity contribution < 1.29 is 18.6 Å². The first-order valence-electron chi connectivity index (χ1n) is 13.1. The van der Waals surface area contributed by atoms with E-state index >= 15 is 4.39 Å². The van der Waals surface area contributed by atoms with Crippen LogP contribution in [0, 0.1) is 17.6 Å². The Balaban J connectivity index is 1.90. The number of aromatic nitrogens is 2. The van der Waals surface area contributed by atoms with Gasteiger partial charge in [0.25, 0.3) is 0 Å². The third kappa shape index (κ3) is 4.97. The number of hydrogen-bond donors (Lipinski definition) is 3. The van der Waals surface area contributed by atoms with Crippen LogP contribution in [0.1, 0.15) is 56.3 Å². The third-order valence-electron chi connectivity index (χ3n) is 7.59. The second-order valence-electron chi connectivity index (χ2n) is 11.0. The predicted octanol–water partition coefficient (Wildman–Crippen LogP) is 5.16. The lowest BCUT2D eigenvalue weighted by Gasteiger charge is -2.33. The van der Waals surface area contributed by atoms with Gasteiger partial charge in [0.05, 0.1) is 33.9 Å². The van der Waals surface area contributed by atoms with E-state index in [4.69, 9.17) is 21.3 Å². The molecule has 0 aliphatic carbocycles. The van der Waals surface area contributed by atoms with Crippen LogP contribution in [0.3, 0.4) is 0 Å². The van der Waals surface area contributed by atoms with Gasteiger partial charge < -0.3 is 25.2 Å². The fourth-order valence-electron chi connectivity index (χ4n) is 5.86. The third-order valence-corrected chi connectivity index (χ3v) is 7.59. The maximum absolute atomic E-state index is 15.4. The fourth-order valence-corrected chi connectivity index (χ4v) is 5.86. The number of fused-ring (bicyclic) bond motifs is 3. The first kappa shape index (κ1) is 27.1. The van der Waals surface area contributed by atoms with Gasteiger partial charge in [-0.05, 0) is 75.4 Å². The standard InChI is InChI=1S/C30H35F2N5O2/c1-17(33)28(36(4)34)20-13-26-27(35-16-20)22-14-24(32)23(30(2,3)38)15-25(22)37(26)29(19-9-11-39-12-10-19)18-5-7-21(31)8-6-18/h5-8,13-16,19,29,38H,9-12,33-34H2,1-4H3/b28-17-. The van der Waals surface area contributed by atoms with Crippen LogP contribution in [0.4, 0.5) is 8.78 Å². The molecule has 5 N–H and O–H groups in total. The molecule has 4 aromatic rings. The average molecular weight is 536 g/mol. The molecule has 1 atom stereocenters. The second-order valence-corrected chi connectivity index (χ2v) is 11.0. The Labute approximate surface area is 226 Å². The van der Waals surface area contributed by atoms with Gasteiger partial charge in [-0.1, -0.05) is 12.1 Å². The van der Waals surface area contributed by atoms with E-state index in [1.165, 1.54) is 23.2 Å². The summed E-state index contributed by atoms with van der Waals surface area (Å²) in [6.45, 7) is 6.13. The molecule has 0 spiro atoms. The van der Waals surface area contributed by atoms with E-state index in [9.17, 15) is 9.50 Å². The highest BCUT2D eigenvalue weighted by molar-refractivity contribution is 6.07. The summed E-state index contributed by atoms with van der Waals surface area (Å²) < 4.78 is 37.2. The van der Waals surface area contributed by atoms with E-state index < -0.39 is 11.4 Å². The Morgan fingerprint density at radius 2 is 1.79 bits per heavy atom. The maximum atomic E-state index is 15.4. The number of halogens is 2. The lowest BCUT2D eigenvalue weighted by molar-refractivity contribution is 0.0552. The molecule has 39 heavy (non-hydrogen) atoms. The molecule has 3 heterocycles. The van der Waals surface area contributed by atoms with Crippen LogP contribution in [0.5, 0.6) is 0 Å². The Bertz CT molecular complexity index is 1540. The predicted molar refractivity (Wildman–Crippen MR) is 149 cm³/mol. The highest BCUT2D eigenvalue weighted by Crippen LogP contribution is 2.42. The topological polar surface area (TPSA) is 103 Å². The van der Waals surface area contributed by atoms with Crippen molar-refractivity contribution in [1.29, 1.82) is 0 Å². The summed E-state index contributed by atoms with van der Waals surface area (Å²) in [6.07, 6.45) is 3.28. The Morgan fingerprint density at radius 3 is 2.38 bits per heavy atom. The number of hydrogen-bond acceptors (Lipinski definition) is 6. The van der Waals surface area contributed by atoms with Gasteiger partial charge in [-0.2, -0.15) is 0 Å². The SMILES string of the molecule is C/C(N)=C(\c1cnc2c3cc(F)c(C(C)(C)O)cc3n(C(c3ccc(F)cc3)C3CCOCC3)c2c1)N(C)N. The van der Waals surface area contributed by atoms with Gasteiger partial charge in [-0.25, -0.2) is 14.6 Å². The van der Waals surface area contributed by atoms with E-state index in [2.05, 4.69) is 4.57 Å². The zero-order valence-electron chi connectivity index (χ0n) is 22.7. The molecule has 2 aromatic heterocycles. The van der Waals surface area contributed by atoms with E-state index in [-0.39, 0.29) is 23.3 Å². The van der Waals surface area contributed by atoms with Crippen molar-refractivity contribution in [3.8, 4) is 0 Å². The Kier molecular flexibility index (Phi) is 7.09. The maximum Gasteiger partial charge on any atom is 0.130 e. The summed E-state index contributed by atoms with van der Waals surface area (Å²) >= 11 is 0. The number of ether oxygens (including phenoxy) is 1. The number of allylic oxidation sites excluding steroid dienone is 1. The molecular weight excluding hydrogens is 500 g/mol. The highest BCUT2D eigenvalue weighted by atomic mass is 19.1. The van der Waals surface area contributed by atoms with Crippen molar-refractivity contribution in [2.75, 3.05) is 20.3 Å². The molecule has 7 nitrogen and oxygen atoms in total. The second kappa shape index (κ2) is 10.2.